The van der Waals surface area contributed by atoms with Gasteiger partial charge in [-0.05, 0) is 12.5 Å². The fourth-order valence-corrected chi connectivity index (χ4v) is 1.74. The summed E-state index contributed by atoms with van der Waals surface area (Å²) in [6.07, 6.45) is 1.43. The molecule has 2 aromatic heterocycles. The number of nitrogens with one attached hydrogen (secondary N) is 1. The van der Waals surface area contributed by atoms with Gasteiger partial charge in [-0.3, -0.25) is 9.97 Å². The molecule has 0 saturated heterocycles. The van der Waals surface area contributed by atoms with E-state index in [0.29, 0.717) is 12.4 Å². The number of alkyl halides is 3. The lowest BCUT2D eigenvalue weighted by molar-refractivity contribution is -0.137. The van der Waals surface area contributed by atoms with E-state index in [2.05, 4.69) is 20.3 Å². The first kappa shape index (κ1) is 14.2. The molecule has 0 aromatic carbocycles. The molecule has 0 fully saturated rings. The maximum Gasteiger partial charge on any atom is 0.417 e. The molecule has 7 heteroatoms. The van der Waals surface area contributed by atoms with Gasteiger partial charge in [0.2, 0.25) is 0 Å². The molecule has 2 rings (SSSR count). The highest BCUT2D eigenvalue weighted by molar-refractivity contribution is 5.73. The molecule has 0 aliphatic rings. The molecule has 0 bridgehead atoms. The summed E-state index contributed by atoms with van der Waals surface area (Å²) in [5.41, 5.74) is -0.694. The van der Waals surface area contributed by atoms with Gasteiger partial charge in [0.1, 0.15) is 5.69 Å². The third kappa shape index (κ3) is 3.04. The zero-order valence-electron chi connectivity index (χ0n) is 10.8. The fraction of sp³-hybridized carbons (Fsp3) is 0.308. The first-order valence-electron chi connectivity index (χ1n) is 6.10. The zero-order chi connectivity index (χ0) is 14.6. The van der Waals surface area contributed by atoms with Crippen LogP contribution < -0.4 is 5.32 Å². The minimum Gasteiger partial charge on any atom is -0.368 e. The second kappa shape index (κ2) is 5.85. The molecular weight excluding hydrogens is 269 g/mol. The number of aromatic nitrogens is 3. The maximum absolute atomic E-state index is 13.0. The Labute approximate surface area is 114 Å². The van der Waals surface area contributed by atoms with Crippen molar-refractivity contribution in [3.63, 3.8) is 0 Å². The van der Waals surface area contributed by atoms with E-state index in [-0.39, 0.29) is 11.3 Å². The summed E-state index contributed by atoms with van der Waals surface area (Å²) < 4.78 is 39.1. The Balaban J connectivity index is 2.52. The monoisotopic (exact) mass is 282 g/mol. The van der Waals surface area contributed by atoms with E-state index in [9.17, 15) is 13.2 Å². The summed E-state index contributed by atoms with van der Waals surface area (Å²) >= 11 is 0. The first-order chi connectivity index (χ1) is 9.54. The molecule has 0 spiro atoms. The number of nitrogens with zero attached hydrogens (tertiary/aromatic N) is 3. The minimum atomic E-state index is -4.46. The fourth-order valence-electron chi connectivity index (χ4n) is 1.74. The number of hydrogen-bond acceptors (Lipinski definition) is 4. The molecule has 106 valence electrons. The molecule has 0 saturated carbocycles. The number of hydrogen-bond donors (Lipinski definition) is 1. The van der Waals surface area contributed by atoms with Gasteiger partial charge < -0.3 is 5.32 Å². The van der Waals surface area contributed by atoms with Gasteiger partial charge in [0.05, 0.1) is 5.56 Å². The number of pyridine rings is 1. The Morgan fingerprint density at radius 2 is 1.90 bits per heavy atom. The molecule has 0 amide bonds. The first-order valence-corrected chi connectivity index (χ1v) is 6.10. The Kier molecular flexibility index (Phi) is 4.16. The van der Waals surface area contributed by atoms with Gasteiger partial charge in [-0.2, -0.15) is 13.2 Å². The van der Waals surface area contributed by atoms with E-state index in [0.717, 1.165) is 24.9 Å². The molecule has 1 N–H and O–H groups in total. The predicted octanol–water partition coefficient (Wildman–Crippen LogP) is 3.38. The topological polar surface area (TPSA) is 50.7 Å². The van der Waals surface area contributed by atoms with Crippen LogP contribution >= 0.6 is 0 Å². The Hall–Kier alpha value is -2.18. The van der Waals surface area contributed by atoms with E-state index >= 15 is 0 Å². The minimum absolute atomic E-state index is 0.0771. The smallest absolute Gasteiger partial charge is 0.368 e. The number of rotatable bonds is 4. The summed E-state index contributed by atoms with van der Waals surface area (Å²) in [4.78, 5) is 11.8. The van der Waals surface area contributed by atoms with E-state index in [1.807, 2.05) is 6.92 Å². The summed E-state index contributed by atoms with van der Waals surface area (Å²) in [5, 5.41) is 2.97. The van der Waals surface area contributed by atoms with Crippen LogP contribution in [0.4, 0.5) is 19.0 Å². The summed E-state index contributed by atoms with van der Waals surface area (Å²) in [7, 11) is 0. The number of anilines is 1. The molecule has 0 aliphatic heterocycles. The number of halogens is 3. The van der Waals surface area contributed by atoms with Gasteiger partial charge in [-0.15, -0.1) is 0 Å². The van der Waals surface area contributed by atoms with E-state index in [4.69, 9.17) is 0 Å². The van der Waals surface area contributed by atoms with Gasteiger partial charge in [0, 0.05) is 36.9 Å². The van der Waals surface area contributed by atoms with Gasteiger partial charge in [0.15, 0.2) is 5.82 Å². The van der Waals surface area contributed by atoms with Crippen molar-refractivity contribution in [3.05, 3.63) is 36.4 Å². The highest BCUT2D eigenvalue weighted by atomic mass is 19.4. The summed E-state index contributed by atoms with van der Waals surface area (Å²) in [6, 6.07) is 0.938. The van der Waals surface area contributed by atoms with Crippen molar-refractivity contribution in [2.45, 2.75) is 19.5 Å². The van der Waals surface area contributed by atoms with Crippen LogP contribution in [0.15, 0.2) is 30.9 Å². The van der Waals surface area contributed by atoms with E-state index in [1.165, 1.54) is 12.4 Å². The Bertz CT molecular complexity index is 584. The third-order valence-corrected chi connectivity index (χ3v) is 2.62. The SMILES string of the molecule is CCCNc1nccnc1-c1cnccc1C(F)(F)F. The van der Waals surface area contributed by atoms with Crippen molar-refractivity contribution in [2.24, 2.45) is 0 Å². The average molecular weight is 282 g/mol. The zero-order valence-corrected chi connectivity index (χ0v) is 10.8. The molecule has 2 heterocycles. The van der Waals surface area contributed by atoms with Gasteiger partial charge in [-0.1, -0.05) is 6.92 Å². The van der Waals surface area contributed by atoms with Crippen LogP contribution in [0, 0.1) is 0 Å². The normalized spacial score (nSPS) is 11.4. The molecule has 4 nitrogen and oxygen atoms in total. The van der Waals surface area contributed by atoms with Gasteiger partial charge in [0.25, 0.3) is 0 Å². The predicted molar refractivity (Wildman–Crippen MR) is 69.0 cm³/mol. The highest BCUT2D eigenvalue weighted by Gasteiger charge is 2.34. The van der Waals surface area contributed by atoms with Gasteiger partial charge >= 0.3 is 6.18 Å². The quantitative estimate of drug-likeness (QED) is 0.934. The van der Waals surface area contributed by atoms with Crippen molar-refractivity contribution in [1.29, 1.82) is 0 Å². The second-order valence-electron chi connectivity index (χ2n) is 4.10. The van der Waals surface area contributed by atoms with Crippen LogP contribution in [0.1, 0.15) is 18.9 Å². The van der Waals surface area contributed by atoms with Crippen molar-refractivity contribution in [2.75, 3.05) is 11.9 Å². The van der Waals surface area contributed by atoms with Crippen molar-refractivity contribution in [3.8, 4) is 11.3 Å². The molecule has 0 radical (unpaired) electrons. The van der Waals surface area contributed by atoms with Crippen molar-refractivity contribution >= 4 is 5.82 Å². The standard InChI is InChI=1S/C13H13F3N4/c1-2-4-19-12-11(18-6-7-20-12)9-8-17-5-3-10(9)13(14,15)16/h3,5-8H,2,4H2,1H3,(H,19,20). The molecule has 0 aliphatic carbocycles. The Morgan fingerprint density at radius 1 is 1.15 bits per heavy atom. The summed E-state index contributed by atoms with van der Waals surface area (Å²) in [6.45, 7) is 2.56. The van der Waals surface area contributed by atoms with Gasteiger partial charge in [-0.25, -0.2) is 4.98 Å². The van der Waals surface area contributed by atoms with Crippen LogP contribution in [0.25, 0.3) is 11.3 Å². The summed E-state index contributed by atoms with van der Waals surface area (Å²) in [5.74, 6) is 0.327. The largest absolute Gasteiger partial charge is 0.417 e. The molecular formula is C13H13F3N4. The lowest BCUT2D eigenvalue weighted by Gasteiger charge is -2.14. The van der Waals surface area contributed by atoms with Crippen molar-refractivity contribution < 1.29 is 13.2 Å². The van der Waals surface area contributed by atoms with E-state index < -0.39 is 11.7 Å². The molecule has 0 unspecified atom stereocenters. The molecule has 20 heavy (non-hydrogen) atoms. The van der Waals surface area contributed by atoms with Crippen LogP contribution in [-0.2, 0) is 6.18 Å². The lowest BCUT2D eigenvalue weighted by atomic mass is 10.1. The average Bonchev–Trinajstić information content (AvgIpc) is 2.44. The lowest BCUT2D eigenvalue weighted by Crippen LogP contribution is -2.10. The van der Waals surface area contributed by atoms with Crippen LogP contribution in [0.3, 0.4) is 0 Å². The third-order valence-electron chi connectivity index (χ3n) is 2.62. The maximum atomic E-state index is 13.0. The van der Waals surface area contributed by atoms with E-state index in [1.54, 1.807) is 0 Å². The van der Waals surface area contributed by atoms with Crippen LogP contribution in [0.5, 0.6) is 0 Å². The molecule has 0 atom stereocenters. The Morgan fingerprint density at radius 3 is 2.60 bits per heavy atom. The molecule has 2 aromatic rings. The highest BCUT2D eigenvalue weighted by Crippen LogP contribution is 2.37. The second-order valence-corrected chi connectivity index (χ2v) is 4.10. The van der Waals surface area contributed by atoms with Crippen LogP contribution in [-0.4, -0.2) is 21.5 Å². The van der Waals surface area contributed by atoms with Crippen molar-refractivity contribution in [1.82, 2.24) is 15.0 Å². The van der Waals surface area contributed by atoms with Crippen LogP contribution in [0.2, 0.25) is 0 Å².